The molecule has 0 aliphatic heterocycles. The van der Waals surface area contributed by atoms with Gasteiger partial charge in [0, 0.05) is 30.1 Å². The predicted molar refractivity (Wildman–Crippen MR) is 129 cm³/mol. The summed E-state index contributed by atoms with van der Waals surface area (Å²) in [5, 5.41) is 5.07. The number of furan rings is 1. The van der Waals surface area contributed by atoms with E-state index in [1.54, 1.807) is 20.8 Å². The molecule has 206 valence electrons. The summed E-state index contributed by atoms with van der Waals surface area (Å²) in [6.45, 7) is 5.49. The van der Waals surface area contributed by atoms with Gasteiger partial charge >= 0.3 is 18.2 Å². The van der Waals surface area contributed by atoms with Crippen LogP contribution in [0.25, 0.3) is 16.8 Å². The highest BCUT2D eigenvalue weighted by molar-refractivity contribution is 5.95. The van der Waals surface area contributed by atoms with Crippen molar-refractivity contribution in [2.45, 2.75) is 57.9 Å². The van der Waals surface area contributed by atoms with Crippen LogP contribution >= 0.6 is 0 Å². The second kappa shape index (κ2) is 11.6. The van der Waals surface area contributed by atoms with E-state index >= 15 is 0 Å². The standard InChI is InChI=1S/C25H29F3N4O6/c1-24(2,3)38-23(35)29-9-6-5-7-18(22(34)36-4)31-21(33)19-13-32-12-16(15-8-10-37-14-15)11-17(20(32)30-19)25(26,27)28/h8,10-14,18H,5-7,9H2,1-4H3,(H,29,35)(H,31,33)/t18-/m0/s1. The molecule has 0 saturated heterocycles. The van der Waals surface area contributed by atoms with Crippen LogP contribution < -0.4 is 10.6 Å². The molecule has 0 saturated carbocycles. The molecule has 3 aromatic heterocycles. The fourth-order valence-corrected chi connectivity index (χ4v) is 3.60. The van der Waals surface area contributed by atoms with E-state index < -0.39 is 47.0 Å². The minimum absolute atomic E-state index is 0.167. The Labute approximate surface area is 216 Å². The Morgan fingerprint density at radius 2 is 1.87 bits per heavy atom. The van der Waals surface area contributed by atoms with Crippen LogP contribution in [0.1, 0.15) is 56.1 Å². The van der Waals surface area contributed by atoms with Gasteiger partial charge in [-0.2, -0.15) is 13.2 Å². The number of alkyl carbamates (subject to hydrolysis) is 1. The first-order chi connectivity index (χ1) is 17.8. The summed E-state index contributed by atoms with van der Waals surface area (Å²) >= 11 is 0. The van der Waals surface area contributed by atoms with E-state index in [0.29, 0.717) is 18.4 Å². The zero-order valence-electron chi connectivity index (χ0n) is 21.3. The number of hydrogen-bond acceptors (Lipinski definition) is 7. The zero-order chi connectivity index (χ0) is 28.1. The van der Waals surface area contributed by atoms with Crippen LogP contribution in [-0.2, 0) is 20.4 Å². The molecule has 0 spiro atoms. The third-order valence-corrected chi connectivity index (χ3v) is 5.32. The smallest absolute Gasteiger partial charge is 0.420 e. The van der Waals surface area contributed by atoms with E-state index in [0.717, 1.165) is 23.8 Å². The highest BCUT2D eigenvalue weighted by Gasteiger charge is 2.35. The first-order valence-corrected chi connectivity index (χ1v) is 11.8. The van der Waals surface area contributed by atoms with Crippen LogP contribution in [0.3, 0.4) is 0 Å². The topological polar surface area (TPSA) is 124 Å². The van der Waals surface area contributed by atoms with E-state index in [1.165, 1.54) is 24.8 Å². The minimum atomic E-state index is -4.73. The molecule has 0 aliphatic rings. The average Bonchev–Trinajstić information content (AvgIpc) is 3.50. The molecular weight excluding hydrogens is 509 g/mol. The zero-order valence-corrected chi connectivity index (χ0v) is 21.3. The number of imidazole rings is 1. The quantitative estimate of drug-likeness (QED) is 0.302. The van der Waals surface area contributed by atoms with Gasteiger partial charge in [0.15, 0.2) is 0 Å². The molecule has 0 radical (unpaired) electrons. The number of amides is 2. The van der Waals surface area contributed by atoms with E-state index in [4.69, 9.17) is 13.9 Å². The molecule has 2 amide bonds. The number of alkyl halides is 3. The van der Waals surface area contributed by atoms with Crippen molar-refractivity contribution in [2.75, 3.05) is 13.7 Å². The fraction of sp³-hybridized carbons (Fsp3) is 0.440. The molecule has 38 heavy (non-hydrogen) atoms. The van der Waals surface area contributed by atoms with Crippen LogP contribution in [0.2, 0.25) is 0 Å². The SMILES string of the molecule is COC(=O)[C@H](CCCCNC(=O)OC(C)(C)C)NC(=O)c1cn2cc(-c3ccoc3)cc(C(F)(F)F)c2n1. The number of hydrogen-bond donors (Lipinski definition) is 2. The molecule has 0 unspecified atom stereocenters. The number of nitrogens with zero attached hydrogens (tertiary/aromatic N) is 2. The number of fused-ring (bicyclic) bond motifs is 1. The minimum Gasteiger partial charge on any atom is -0.472 e. The van der Waals surface area contributed by atoms with E-state index in [-0.39, 0.29) is 24.2 Å². The van der Waals surface area contributed by atoms with Crippen LogP contribution in [0.4, 0.5) is 18.0 Å². The Bertz CT molecular complexity index is 1280. The molecule has 13 heteroatoms. The third-order valence-electron chi connectivity index (χ3n) is 5.32. The summed E-state index contributed by atoms with van der Waals surface area (Å²) in [5.41, 5.74) is -1.79. The largest absolute Gasteiger partial charge is 0.472 e. The summed E-state index contributed by atoms with van der Waals surface area (Å²) < 4.78 is 57.3. The third kappa shape index (κ3) is 7.49. The van der Waals surface area contributed by atoms with Gasteiger partial charge in [0.05, 0.1) is 25.2 Å². The van der Waals surface area contributed by atoms with Gasteiger partial charge in [0.2, 0.25) is 0 Å². The van der Waals surface area contributed by atoms with E-state index in [1.807, 2.05) is 0 Å². The van der Waals surface area contributed by atoms with Gasteiger partial charge in [0.25, 0.3) is 5.91 Å². The number of pyridine rings is 1. The number of unbranched alkanes of at least 4 members (excludes halogenated alkanes) is 1. The number of ether oxygens (including phenoxy) is 2. The second-order valence-electron chi connectivity index (χ2n) is 9.48. The van der Waals surface area contributed by atoms with Gasteiger partial charge in [-0.3, -0.25) is 4.79 Å². The summed E-state index contributed by atoms with van der Waals surface area (Å²) in [7, 11) is 1.16. The van der Waals surface area contributed by atoms with Gasteiger partial charge in [-0.05, 0) is 52.2 Å². The lowest BCUT2D eigenvalue weighted by molar-refractivity contribution is -0.143. The summed E-state index contributed by atoms with van der Waals surface area (Å²) in [4.78, 5) is 40.7. The highest BCUT2D eigenvalue weighted by atomic mass is 19.4. The number of methoxy groups -OCH3 is 1. The monoisotopic (exact) mass is 538 g/mol. The van der Waals surface area contributed by atoms with Crippen molar-refractivity contribution in [1.29, 1.82) is 0 Å². The van der Waals surface area contributed by atoms with Crippen molar-refractivity contribution in [3.8, 4) is 11.1 Å². The number of halogens is 3. The second-order valence-corrected chi connectivity index (χ2v) is 9.48. The molecule has 0 fully saturated rings. The normalized spacial score (nSPS) is 12.7. The van der Waals surface area contributed by atoms with Crippen molar-refractivity contribution in [3.63, 3.8) is 0 Å². The van der Waals surface area contributed by atoms with Crippen LogP contribution in [0.5, 0.6) is 0 Å². The molecule has 3 rings (SSSR count). The van der Waals surface area contributed by atoms with E-state index in [2.05, 4.69) is 15.6 Å². The van der Waals surface area contributed by atoms with Gasteiger partial charge in [-0.15, -0.1) is 0 Å². The Kier molecular flexibility index (Phi) is 8.69. The maximum atomic E-state index is 13.8. The molecule has 10 nitrogen and oxygen atoms in total. The van der Waals surface area contributed by atoms with Crippen LogP contribution in [-0.4, -0.2) is 52.7 Å². The molecule has 2 N–H and O–H groups in total. The number of esters is 1. The van der Waals surface area contributed by atoms with Crippen molar-refractivity contribution in [3.05, 3.63) is 48.3 Å². The lowest BCUT2D eigenvalue weighted by Crippen LogP contribution is -2.41. The maximum Gasteiger partial charge on any atom is 0.420 e. The van der Waals surface area contributed by atoms with Crippen LogP contribution in [0.15, 0.2) is 41.5 Å². The number of nitrogens with one attached hydrogen (secondary N) is 2. The lowest BCUT2D eigenvalue weighted by Gasteiger charge is -2.19. The van der Waals surface area contributed by atoms with Gasteiger partial charge < -0.3 is 28.9 Å². The molecule has 3 heterocycles. The van der Waals surface area contributed by atoms with E-state index in [9.17, 15) is 27.6 Å². The fourth-order valence-electron chi connectivity index (χ4n) is 3.60. The average molecular weight is 539 g/mol. The molecule has 1 atom stereocenters. The van der Waals surface area contributed by atoms with Gasteiger partial charge in [-0.1, -0.05) is 0 Å². The molecule has 0 aromatic carbocycles. The lowest BCUT2D eigenvalue weighted by atomic mass is 10.1. The Balaban J connectivity index is 1.71. The number of carbonyl (C=O) groups is 3. The van der Waals surface area contributed by atoms with Crippen molar-refractivity contribution >= 4 is 23.6 Å². The van der Waals surface area contributed by atoms with Gasteiger partial charge in [0.1, 0.15) is 23.0 Å². The maximum absolute atomic E-state index is 13.8. The first kappa shape index (κ1) is 28.5. The Morgan fingerprint density at radius 3 is 2.47 bits per heavy atom. The highest BCUT2D eigenvalue weighted by Crippen LogP contribution is 2.35. The van der Waals surface area contributed by atoms with Crippen molar-refractivity contribution < 1.29 is 41.4 Å². The first-order valence-electron chi connectivity index (χ1n) is 11.8. The Morgan fingerprint density at radius 1 is 1.13 bits per heavy atom. The van der Waals surface area contributed by atoms with Crippen molar-refractivity contribution in [1.82, 2.24) is 20.0 Å². The predicted octanol–water partition coefficient (Wildman–Crippen LogP) is 4.58. The number of rotatable bonds is 9. The molecule has 3 aromatic rings. The molecule has 0 bridgehead atoms. The summed E-state index contributed by atoms with van der Waals surface area (Å²) in [6.07, 6.45) is 0.946. The van der Waals surface area contributed by atoms with Crippen molar-refractivity contribution in [2.24, 2.45) is 0 Å². The number of carbonyl (C=O) groups excluding carboxylic acids is 3. The number of aromatic nitrogens is 2. The molecule has 0 aliphatic carbocycles. The van der Waals surface area contributed by atoms with Gasteiger partial charge in [-0.25, -0.2) is 14.6 Å². The molecular formula is C25H29F3N4O6. The Hall–Kier alpha value is -4.03. The summed E-state index contributed by atoms with van der Waals surface area (Å²) in [5.74, 6) is -1.56. The van der Waals surface area contributed by atoms with Crippen LogP contribution in [0, 0.1) is 0 Å². The summed E-state index contributed by atoms with van der Waals surface area (Å²) in [6, 6.07) is 1.37.